The summed E-state index contributed by atoms with van der Waals surface area (Å²) < 4.78 is 5.07. The topological polar surface area (TPSA) is 67.4 Å². The Kier molecular flexibility index (Phi) is 5.74. The minimum absolute atomic E-state index is 0.204. The van der Waals surface area contributed by atoms with Gasteiger partial charge in [0.25, 0.3) is 0 Å². The standard InChI is InChI=1S/C18H20N2O3/c1-13-4-3-5-15(10-13)20-18(22)11-17(21)19-12-14-6-8-16(23-2)9-7-14/h3-10H,11-12H2,1-2H3,(H,19,21)(H,20,22). The molecular formula is C18H20N2O3. The summed E-state index contributed by atoms with van der Waals surface area (Å²) in [6.07, 6.45) is -0.204. The summed E-state index contributed by atoms with van der Waals surface area (Å²) in [6, 6.07) is 14.8. The number of ether oxygens (including phenoxy) is 1. The van der Waals surface area contributed by atoms with Crippen molar-refractivity contribution in [1.29, 1.82) is 0 Å². The van der Waals surface area contributed by atoms with E-state index in [4.69, 9.17) is 4.74 Å². The van der Waals surface area contributed by atoms with Crippen molar-refractivity contribution >= 4 is 17.5 Å². The molecule has 0 atom stereocenters. The number of methoxy groups -OCH3 is 1. The molecule has 23 heavy (non-hydrogen) atoms. The van der Waals surface area contributed by atoms with Gasteiger partial charge in [0, 0.05) is 12.2 Å². The van der Waals surface area contributed by atoms with Crippen LogP contribution in [-0.2, 0) is 16.1 Å². The van der Waals surface area contributed by atoms with E-state index in [-0.39, 0.29) is 18.2 Å². The van der Waals surface area contributed by atoms with Crippen molar-refractivity contribution in [3.8, 4) is 5.75 Å². The number of carbonyl (C=O) groups is 2. The van der Waals surface area contributed by atoms with Crippen molar-refractivity contribution in [2.75, 3.05) is 12.4 Å². The zero-order valence-corrected chi connectivity index (χ0v) is 13.3. The maximum absolute atomic E-state index is 11.8. The van der Waals surface area contributed by atoms with Crippen LogP contribution >= 0.6 is 0 Å². The molecule has 0 aliphatic heterocycles. The van der Waals surface area contributed by atoms with Gasteiger partial charge in [-0.1, -0.05) is 24.3 Å². The van der Waals surface area contributed by atoms with Gasteiger partial charge < -0.3 is 15.4 Å². The van der Waals surface area contributed by atoms with Gasteiger partial charge in [0.15, 0.2) is 0 Å². The van der Waals surface area contributed by atoms with Gasteiger partial charge in [-0.15, -0.1) is 0 Å². The lowest BCUT2D eigenvalue weighted by Crippen LogP contribution is -2.27. The second-order valence-electron chi connectivity index (χ2n) is 5.22. The van der Waals surface area contributed by atoms with Crippen LogP contribution in [0.3, 0.4) is 0 Å². The van der Waals surface area contributed by atoms with Gasteiger partial charge in [0.2, 0.25) is 11.8 Å². The highest BCUT2D eigenvalue weighted by Crippen LogP contribution is 2.11. The molecule has 0 radical (unpaired) electrons. The first-order valence-electron chi connectivity index (χ1n) is 7.33. The van der Waals surface area contributed by atoms with Gasteiger partial charge in [-0.25, -0.2) is 0 Å². The van der Waals surface area contributed by atoms with E-state index in [1.807, 2.05) is 49.4 Å². The van der Waals surface area contributed by atoms with E-state index >= 15 is 0 Å². The number of anilines is 1. The van der Waals surface area contributed by atoms with Crippen LogP contribution in [0.2, 0.25) is 0 Å². The molecule has 0 aliphatic carbocycles. The first-order valence-corrected chi connectivity index (χ1v) is 7.33. The van der Waals surface area contributed by atoms with Crippen molar-refractivity contribution in [2.45, 2.75) is 19.9 Å². The van der Waals surface area contributed by atoms with Crippen LogP contribution < -0.4 is 15.4 Å². The fourth-order valence-electron chi connectivity index (χ4n) is 2.08. The van der Waals surface area contributed by atoms with E-state index in [1.165, 1.54) is 0 Å². The average molecular weight is 312 g/mol. The number of nitrogens with one attached hydrogen (secondary N) is 2. The second kappa shape index (κ2) is 7.98. The lowest BCUT2D eigenvalue weighted by molar-refractivity contribution is -0.126. The largest absolute Gasteiger partial charge is 0.497 e. The van der Waals surface area contributed by atoms with E-state index in [2.05, 4.69) is 10.6 Å². The van der Waals surface area contributed by atoms with Crippen LogP contribution in [0.25, 0.3) is 0 Å². The quantitative estimate of drug-likeness (QED) is 0.806. The molecule has 0 unspecified atom stereocenters. The van der Waals surface area contributed by atoms with Crippen molar-refractivity contribution in [3.05, 3.63) is 59.7 Å². The summed E-state index contributed by atoms with van der Waals surface area (Å²) in [7, 11) is 1.60. The predicted octanol–water partition coefficient (Wildman–Crippen LogP) is 2.65. The molecule has 0 fully saturated rings. The third kappa shape index (κ3) is 5.47. The summed E-state index contributed by atoms with van der Waals surface area (Å²) >= 11 is 0. The summed E-state index contributed by atoms with van der Waals surface area (Å²) in [5, 5.41) is 5.43. The van der Waals surface area contributed by atoms with E-state index in [9.17, 15) is 9.59 Å². The van der Waals surface area contributed by atoms with E-state index in [1.54, 1.807) is 13.2 Å². The molecule has 2 rings (SSSR count). The Morgan fingerprint density at radius 3 is 2.43 bits per heavy atom. The number of carbonyl (C=O) groups excluding carboxylic acids is 2. The Morgan fingerprint density at radius 2 is 1.78 bits per heavy atom. The van der Waals surface area contributed by atoms with Gasteiger partial charge in [-0.05, 0) is 42.3 Å². The van der Waals surface area contributed by atoms with Gasteiger partial charge >= 0.3 is 0 Å². The molecule has 2 amide bonds. The van der Waals surface area contributed by atoms with Crippen molar-refractivity contribution in [2.24, 2.45) is 0 Å². The Morgan fingerprint density at radius 1 is 1.04 bits per heavy atom. The minimum atomic E-state index is -0.331. The van der Waals surface area contributed by atoms with Crippen molar-refractivity contribution < 1.29 is 14.3 Å². The van der Waals surface area contributed by atoms with Crippen molar-refractivity contribution in [1.82, 2.24) is 5.32 Å². The lowest BCUT2D eigenvalue weighted by Gasteiger charge is -2.08. The summed E-state index contributed by atoms with van der Waals surface area (Å²) in [4.78, 5) is 23.7. The highest BCUT2D eigenvalue weighted by molar-refractivity contribution is 6.03. The smallest absolute Gasteiger partial charge is 0.233 e. The monoisotopic (exact) mass is 312 g/mol. The Labute approximate surface area is 135 Å². The van der Waals surface area contributed by atoms with Gasteiger partial charge in [0.05, 0.1) is 7.11 Å². The normalized spacial score (nSPS) is 10.0. The molecule has 2 aromatic rings. The zero-order valence-electron chi connectivity index (χ0n) is 13.3. The van der Waals surface area contributed by atoms with Crippen LogP contribution in [0.4, 0.5) is 5.69 Å². The molecule has 0 heterocycles. The Bertz CT molecular complexity index is 681. The zero-order chi connectivity index (χ0) is 16.7. The van der Waals surface area contributed by atoms with Gasteiger partial charge in [-0.3, -0.25) is 9.59 Å². The molecule has 5 heteroatoms. The molecule has 0 saturated carbocycles. The molecule has 120 valence electrons. The molecule has 0 spiro atoms. The molecule has 2 aromatic carbocycles. The van der Waals surface area contributed by atoms with E-state index < -0.39 is 0 Å². The van der Waals surface area contributed by atoms with Crippen LogP contribution in [0.15, 0.2) is 48.5 Å². The number of hydrogen-bond donors (Lipinski definition) is 2. The summed E-state index contributed by atoms with van der Waals surface area (Å²) in [6.45, 7) is 2.32. The van der Waals surface area contributed by atoms with E-state index in [0.29, 0.717) is 12.2 Å². The number of benzene rings is 2. The number of aryl methyl sites for hydroxylation is 1. The molecule has 0 saturated heterocycles. The van der Waals surface area contributed by atoms with Crippen LogP contribution in [0.5, 0.6) is 5.75 Å². The average Bonchev–Trinajstić information content (AvgIpc) is 2.53. The molecule has 0 aromatic heterocycles. The SMILES string of the molecule is COc1ccc(CNC(=O)CC(=O)Nc2cccc(C)c2)cc1. The summed E-state index contributed by atoms with van der Waals surface area (Å²) in [5.41, 5.74) is 2.68. The van der Waals surface area contributed by atoms with Gasteiger partial charge in [0.1, 0.15) is 12.2 Å². The number of hydrogen-bond acceptors (Lipinski definition) is 3. The predicted molar refractivity (Wildman–Crippen MR) is 89.3 cm³/mol. The lowest BCUT2D eigenvalue weighted by atomic mass is 10.2. The van der Waals surface area contributed by atoms with Crippen LogP contribution in [-0.4, -0.2) is 18.9 Å². The first kappa shape index (κ1) is 16.5. The highest BCUT2D eigenvalue weighted by Gasteiger charge is 2.09. The third-order valence-corrected chi connectivity index (χ3v) is 3.27. The molecule has 0 bridgehead atoms. The van der Waals surface area contributed by atoms with Crippen LogP contribution in [0, 0.1) is 6.92 Å². The maximum Gasteiger partial charge on any atom is 0.233 e. The molecule has 2 N–H and O–H groups in total. The van der Waals surface area contributed by atoms with Crippen molar-refractivity contribution in [3.63, 3.8) is 0 Å². The highest BCUT2D eigenvalue weighted by atomic mass is 16.5. The van der Waals surface area contributed by atoms with Crippen LogP contribution in [0.1, 0.15) is 17.5 Å². The first-order chi connectivity index (χ1) is 11.1. The summed E-state index contributed by atoms with van der Waals surface area (Å²) in [5.74, 6) is 0.117. The van der Waals surface area contributed by atoms with Gasteiger partial charge in [-0.2, -0.15) is 0 Å². The van der Waals surface area contributed by atoms with E-state index in [0.717, 1.165) is 16.9 Å². The molecular weight excluding hydrogens is 292 g/mol. The molecule has 0 aliphatic rings. The Balaban J connectivity index is 1.78. The number of amides is 2. The fraction of sp³-hybridized carbons (Fsp3) is 0.222. The third-order valence-electron chi connectivity index (χ3n) is 3.27. The fourth-order valence-corrected chi connectivity index (χ4v) is 2.08. The molecule has 5 nitrogen and oxygen atoms in total. The second-order valence-corrected chi connectivity index (χ2v) is 5.22. The Hall–Kier alpha value is -2.82. The minimum Gasteiger partial charge on any atom is -0.497 e. The number of rotatable bonds is 6. The maximum atomic E-state index is 11.8.